The van der Waals surface area contributed by atoms with Gasteiger partial charge in [-0.1, -0.05) is 0 Å². The number of alkyl halides is 3. The number of rotatable bonds is 2. The summed E-state index contributed by atoms with van der Waals surface area (Å²) in [5.74, 6) is -0.796. The Morgan fingerprint density at radius 3 is 2.68 bits per heavy atom. The van der Waals surface area contributed by atoms with Gasteiger partial charge in [-0.2, -0.15) is 29.6 Å². The van der Waals surface area contributed by atoms with Crippen LogP contribution in [0.15, 0.2) is 16.8 Å². The molecular weight excluding hydrogens is 279 g/mol. The molecule has 0 aliphatic carbocycles. The van der Waals surface area contributed by atoms with Crippen LogP contribution in [-0.2, 0) is 6.18 Å². The van der Waals surface area contributed by atoms with Gasteiger partial charge in [0.2, 0.25) is 0 Å². The second kappa shape index (κ2) is 4.69. The SMILES string of the molecule is Cc1[nH]nc(C(=O)N(C)c2ccsc2)c1C(F)(F)F. The minimum Gasteiger partial charge on any atom is -0.309 e. The number of carbonyl (C=O) groups is 1. The number of carbonyl (C=O) groups excluding carboxylic acids is 1. The molecule has 8 heteroatoms. The van der Waals surface area contributed by atoms with Gasteiger partial charge in [-0.3, -0.25) is 9.89 Å². The number of thiophene rings is 1. The number of aromatic amines is 1. The summed E-state index contributed by atoms with van der Waals surface area (Å²) in [5.41, 5.74) is -1.27. The fraction of sp³-hybridized carbons (Fsp3) is 0.273. The van der Waals surface area contributed by atoms with Gasteiger partial charge in [0.15, 0.2) is 5.69 Å². The summed E-state index contributed by atoms with van der Waals surface area (Å²) in [4.78, 5) is 13.2. The lowest BCUT2D eigenvalue weighted by Crippen LogP contribution is -2.28. The van der Waals surface area contributed by atoms with Gasteiger partial charge >= 0.3 is 6.18 Å². The van der Waals surface area contributed by atoms with Crippen LogP contribution in [0.4, 0.5) is 18.9 Å². The number of hydrogen-bond donors (Lipinski definition) is 1. The molecule has 0 aliphatic heterocycles. The predicted octanol–water partition coefficient (Wildman–Crippen LogP) is 3.08. The van der Waals surface area contributed by atoms with Gasteiger partial charge in [-0.15, -0.1) is 0 Å². The Bertz CT molecular complexity index is 589. The highest BCUT2D eigenvalue weighted by Crippen LogP contribution is 2.34. The fourth-order valence-corrected chi connectivity index (χ4v) is 2.33. The average Bonchev–Trinajstić information content (AvgIpc) is 2.94. The quantitative estimate of drug-likeness (QED) is 0.923. The van der Waals surface area contributed by atoms with Crippen LogP contribution in [0.5, 0.6) is 0 Å². The number of nitrogens with one attached hydrogen (secondary N) is 1. The molecule has 1 N–H and O–H groups in total. The number of halogens is 3. The topological polar surface area (TPSA) is 49.0 Å². The van der Waals surface area contributed by atoms with Gasteiger partial charge in [0.05, 0.1) is 5.69 Å². The zero-order valence-electron chi connectivity index (χ0n) is 10.1. The van der Waals surface area contributed by atoms with Gasteiger partial charge in [0.1, 0.15) is 5.56 Å². The number of H-pyrrole nitrogens is 1. The molecule has 0 saturated heterocycles. The number of amides is 1. The molecule has 0 fully saturated rings. The molecule has 0 spiro atoms. The third kappa shape index (κ3) is 2.48. The van der Waals surface area contributed by atoms with Crippen LogP contribution in [0.1, 0.15) is 21.7 Å². The molecule has 19 heavy (non-hydrogen) atoms. The summed E-state index contributed by atoms with van der Waals surface area (Å²) in [6, 6.07) is 1.65. The van der Waals surface area contributed by atoms with Gasteiger partial charge in [0, 0.05) is 18.1 Å². The monoisotopic (exact) mass is 289 g/mol. The Morgan fingerprint density at radius 2 is 2.16 bits per heavy atom. The molecule has 1 amide bonds. The summed E-state index contributed by atoms with van der Waals surface area (Å²) in [7, 11) is 1.41. The third-order valence-electron chi connectivity index (χ3n) is 2.63. The highest BCUT2D eigenvalue weighted by atomic mass is 32.1. The molecule has 0 aromatic carbocycles. The number of hydrogen-bond acceptors (Lipinski definition) is 3. The van der Waals surface area contributed by atoms with E-state index in [-0.39, 0.29) is 5.69 Å². The Hall–Kier alpha value is -1.83. The van der Waals surface area contributed by atoms with E-state index in [1.807, 2.05) is 0 Å². The maximum atomic E-state index is 12.9. The molecule has 0 atom stereocenters. The molecule has 2 heterocycles. The fourth-order valence-electron chi connectivity index (χ4n) is 1.66. The third-order valence-corrected chi connectivity index (χ3v) is 3.30. The minimum absolute atomic E-state index is 0.172. The summed E-state index contributed by atoms with van der Waals surface area (Å²) < 4.78 is 38.6. The second-order valence-electron chi connectivity index (χ2n) is 3.92. The van der Waals surface area contributed by atoms with Crippen LogP contribution in [0.25, 0.3) is 0 Å². The van der Waals surface area contributed by atoms with Crippen molar-refractivity contribution in [2.24, 2.45) is 0 Å². The van der Waals surface area contributed by atoms with Crippen LogP contribution in [0.2, 0.25) is 0 Å². The van der Waals surface area contributed by atoms with Gasteiger partial charge < -0.3 is 4.90 Å². The lowest BCUT2D eigenvalue weighted by atomic mass is 10.1. The van der Waals surface area contributed by atoms with Crippen molar-refractivity contribution in [1.29, 1.82) is 0 Å². The molecule has 0 saturated carbocycles. The summed E-state index contributed by atoms with van der Waals surface area (Å²) in [6.45, 7) is 1.23. The molecular formula is C11H10F3N3OS. The van der Waals surface area contributed by atoms with Crippen molar-refractivity contribution in [3.63, 3.8) is 0 Å². The van der Waals surface area contributed by atoms with Crippen molar-refractivity contribution >= 4 is 22.9 Å². The zero-order valence-corrected chi connectivity index (χ0v) is 10.9. The molecule has 0 bridgehead atoms. The van der Waals surface area contributed by atoms with E-state index in [1.165, 1.54) is 25.3 Å². The molecule has 2 aromatic rings. The van der Waals surface area contributed by atoms with Crippen LogP contribution in [0.3, 0.4) is 0 Å². The van der Waals surface area contributed by atoms with Crippen LogP contribution >= 0.6 is 11.3 Å². The summed E-state index contributed by atoms with van der Waals surface area (Å²) >= 11 is 1.35. The lowest BCUT2D eigenvalue weighted by molar-refractivity contribution is -0.138. The minimum atomic E-state index is -4.61. The Balaban J connectivity index is 2.40. The smallest absolute Gasteiger partial charge is 0.309 e. The first-order valence-electron chi connectivity index (χ1n) is 5.24. The zero-order chi connectivity index (χ0) is 14.2. The normalized spacial score (nSPS) is 11.6. The van der Waals surface area contributed by atoms with E-state index in [0.29, 0.717) is 5.69 Å². The standard InChI is InChI=1S/C11H10F3N3OS/c1-6-8(11(12,13)14)9(16-15-6)10(18)17(2)7-3-4-19-5-7/h3-5H,1-2H3,(H,15,16). The average molecular weight is 289 g/mol. The first kappa shape index (κ1) is 13.6. The molecule has 2 aromatic heterocycles. The first-order valence-corrected chi connectivity index (χ1v) is 6.19. The van der Waals surface area contributed by atoms with E-state index in [0.717, 1.165) is 4.90 Å². The van der Waals surface area contributed by atoms with Crippen LogP contribution < -0.4 is 4.90 Å². The number of aryl methyl sites for hydroxylation is 1. The van der Waals surface area contributed by atoms with Gasteiger partial charge in [-0.25, -0.2) is 0 Å². The molecule has 0 aliphatic rings. The molecule has 2 rings (SSSR count). The second-order valence-corrected chi connectivity index (χ2v) is 4.70. The predicted molar refractivity (Wildman–Crippen MR) is 65.4 cm³/mol. The van der Waals surface area contributed by atoms with E-state index in [4.69, 9.17) is 0 Å². The maximum Gasteiger partial charge on any atom is 0.420 e. The van der Waals surface area contributed by atoms with Crippen molar-refractivity contribution in [2.45, 2.75) is 13.1 Å². The molecule has 0 radical (unpaired) electrons. The molecule has 4 nitrogen and oxygen atoms in total. The Labute approximate surface area is 110 Å². The van der Waals surface area contributed by atoms with Gasteiger partial charge in [-0.05, 0) is 18.4 Å². The maximum absolute atomic E-state index is 12.9. The highest BCUT2D eigenvalue weighted by Gasteiger charge is 2.40. The van der Waals surface area contributed by atoms with Gasteiger partial charge in [0.25, 0.3) is 5.91 Å². The van der Waals surface area contributed by atoms with Crippen molar-refractivity contribution in [1.82, 2.24) is 10.2 Å². The van der Waals surface area contributed by atoms with Crippen molar-refractivity contribution in [3.05, 3.63) is 33.8 Å². The van der Waals surface area contributed by atoms with Crippen LogP contribution in [-0.4, -0.2) is 23.2 Å². The van der Waals surface area contributed by atoms with E-state index in [2.05, 4.69) is 10.2 Å². The number of aromatic nitrogens is 2. The Morgan fingerprint density at radius 1 is 1.47 bits per heavy atom. The number of nitrogens with zero attached hydrogens (tertiary/aromatic N) is 2. The summed E-state index contributed by atoms with van der Waals surface area (Å²) in [6.07, 6.45) is -4.61. The highest BCUT2D eigenvalue weighted by molar-refractivity contribution is 7.08. The van der Waals surface area contributed by atoms with E-state index in [1.54, 1.807) is 16.8 Å². The van der Waals surface area contributed by atoms with E-state index >= 15 is 0 Å². The van der Waals surface area contributed by atoms with Crippen molar-refractivity contribution < 1.29 is 18.0 Å². The van der Waals surface area contributed by atoms with Crippen molar-refractivity contribution in [3.8, 4) is 0 Å². The molecule has 0 unspecified atom stereocenters. The largest absolute Gasteiger partial charge is 0.420 e. The van der Waals surface area contributed by atoms with Crippen LogP contribution in [0, 0.1) is 6.92 Å². The van der Waals surface area contributed by atoms with E-state index < -0.39 is 23.3 Å². The lowest BCUT2D eigenvalue weighted by Gasteiger charge is -2.15. The van der Waals surface area contributed by atoms with Crippen molar-refractivity contribution in [2.75, 3.05) is 11.9 Å². The van der Waals surface area contributed by atoms with E-state index in [9.17, 15) is 18.0 Å². The summed E-state index contributed by atoms with van der Waals surface area (Å²) in [5, 5.41) is 9.10. The number of anilines is 1. The first-order chi connectivity index (χ1) is 8.82. The Kier molecular flexibility index (Phi) is 3.36. The molecule has 102 valence electrons.